The van der Waals surface area contributed by atoms with Crippen molar-refractivity contribution in [2.75, 3.05) is 11.9 Å². The van der Waals surface area contributed by atoms with E-state index >= 15 is 0 Å². The predicted molar refractivity (Wildman–Crippen MR) is 77.4 cm³/mol. The number of likely N-dealkylation sites (N-methyl/N-ethyl adjacent to an activating group) is 1. The first-order valence-electron chi connectivity index (χ1n) is 6.29. The van der Waals surface area contributed by atoms with Gasteiger partial charge in [-0.25, -0.2) is 0 Å². The molecule has 0 spiro atoms. The molecule has 2 rings (SSSR count). The van der Waals surface area contributed by atoms with Gasteiger partial charge in [-0.2, -0.15) is 0 Å². The Kier molecular flexibility index (Phi) is 4.32. The fourth-order valence-corrected chi connectivity index (χ4v) is 1.90. The third-order valence-corrected chi connectivity index (χ3v) is 3.07. The smallest absolute Gasteiger partial charge is 0.244 e. The maximum Gasteiger partial charge on any atom is 0.244 e. The molecule has 1 aromatic carbocycles. The monoisotopic (exact) mass is 271 g/mol. The minimum absolute atomic E-state index is 0.175. The van der Waals surface area contributed by atoms with Gasteiger partial charge in [-0.1, -0.05) is 12.1 Å². The van der Waals surface area contributed by atoms with Crippen molar-refractivity contribution < 1.29 is 9.90 Å². The van der Waals surface area contributed by atoms with Crippen LogP contribution in [0.25, 0.3) is 0 Å². The molecule has 0 saturated carbocycles. The van der Waals surface area contributed by atoms with Crippen LogP contribution in [0.1, 0.15) is 5.56 Å². The summed E-state index contributed by atoms with van der Waals surface area (Å²) < 4.78 is 0. The highest BCUT2D eigenvalue weighted by Gasteiger charge is 2.19. The molecule has 5 heteroatoms. The van der Waals surface area contributed by atoms with Gasteiger partial charge in [-0.15, -0.1) is 0 Å². The number of nitrogens with zero attached hydrogens (tertiary/aromatic N) is 2. The molecular formula is C15H17N3O2. The number of hydrogen-bond acceptors (Lipinski definition) is 4. The third-order valence-electron chi connectivity index (χ3n) is 3.07. The minimum atomic E-state index is -0.634. The molecule has 0 fully saturated rings. The Labute approximate surface area is 117 Å². The molecule has 2 aromatic rings. The Morgan fingerprint density at radius 3 is 2.65 bits per heavy atom. The first kappa shape index (κ1) is 14.0. The molecule has 1 atom stereocenters. The zero-order chi connectivity index (χ0) is 14.5. The molecule has 0 radical (unpaired) electrons. The van der Waals surface area contributed by atoms with Gasteiger partial charge in [0.1, 0.15) is 5.75 Å². The Hall–Kier alpha value is -2.40. The first-order chi connectivity index (χ1) is 9.58. The molecule has 1 heterocycles. The van der Waals surface area contributed by atoms with Crippen molar-refractivity contribution in [3.8, 4) is 5.75 Å². The van der Waals surface area contributed by atoms with Gasteiger partial charge in [0.05, 0.1) is 17.9 Å². The van der Waals surface area contributed by atoms with Gasteiger partial charge in [-0.05, 0) is 36.2 Å². The standard InChI is InChI=1S/C15H17N3O2/c1-18(12-3-2-8-17-10-12)15(20)14(16)9-11-4-6-13(19)7-5-11/h2-8,10,14,19H,9,16H2,1H3/t14-/m0/s1. The summed E-state index contributed by atoms with van der Waals surface area (Å²) in [6, 6.07) is 9.61. The second kappa shape index (κ2) is 6.16. The van der Waals surface area contributed by atoms with Crippen LogP contribution in [0.15, 0.2) is 48.8 Å². The average molecular weight is 271 g/mol. The van der Waals surface area contributed by atoms with Crippen molar-refractivity contribution in [2.24, 2.45) is 5.73 Å². The number of phenolic OH excluding ortho intramolecular Hbond substituents is 1. The van der Waals surface area contributed by atoms with Gasteiger partial charge < -0.3 is 15.7 Å². The maximum absolute atomic E-state index is 12.2. The van der Waals surface area contributed by atoms with Crippen LogP contribution in [-0.4, -0.2) is 29.1 Å². The minimum Gasteiger partial charge on any atom is -0.508 e. The van der Waals surface area contributed by atoms with Crippen molar-refractivity contribution in [1.29, 1.82) is 0 Å². The van der Waals surface area contributed by atoms with Gasteiger partial charge in [-0.3, -0.25) is 9.78 Å². The summed E-state index contributed by atoms with van der Waals surface area (Å²) >= 11 is 0. The number of aromatic hydroxyl groups is 1. The van der Waals surface area contributed by atoms with E-state index in [1.807, 2.05) is 0 Å². The number of rotatable bonds is 4. The van der Waals surface area contributed by atoms with Crippen LogP contribution in [-0.2, 0) is 11.2 Å². The fourth-order valence-electron chi connectivity index (χ4n) is 1.90. The highest BCUT2D eigenvalue weighted by Crippen LogP contribution is 2.14. The van der Waals surface area contributed by atoms with Crippen molar-refractivity contribution in [1.82, 2.24) is 4.98 Å². The highest BCUT2D eigenvalue weighted by molar-refractivity contribution is 5.96. The number of nitrogens with two attached hydrogens (primary N) is 1. The average Bonchev–Trinajstić information content (AvgIpc) is 2.49. The van der Waals surface area contributed by atoms with Crippen LogP contribution in [0, 0.1) is 0 Å². The number of amides is 1. The Balaban J connectivity index is 2.03. The van der Waals surface area contributed by atoms with Gasteiger partial charge in [0.25, 0.3) is 0 Å². The van der Waals surface area contributed by atoms with Gasteiger partial charge >= 0.3 is 0 Å². The van der Waals surface area contributed by atoms with Gasteiger partial charge in [0.15, 0.2) is 0 Å². The van der Waals surface area contributed by atoms with Crippen molar-refractivity contribution in [2.45, 2.75) is 12.5 Å². The van der Waals surface area contributed by atoms with Crippen LogP contribution in [0.2, 0.25) is 0 Å². The molecular weight excluding hydrogens is 254 g/mol. The molecule has 0 saturated heterocycles. The van der Waals surface area contributed by atoms with Crippen LogP contribution in [0.3, 0.4) is 0 Å². The fraction of sp³-hybridized carbons (Fsp3) is 0.200. The van der Waals surface area contributed by atoms with Crippen LogP contribution < -0.4 is 10.6 Å². The molecule has 20 heavy (non-hydrogen) atoms. The lowest BCUT2D eigenvalue weighted by atomic mass is 10.1. The van der Waals surface area contributed by atoms with Crippen molar-refractivity contribution in [3.63, 3.8) is 0 Å². The highest BCUT2D eigenvalue weighted by atomic mass is 16.3. The molecule has 0 aliphatic rings. The van der Waals surface area contributed by atoms with E-state index in [4.69, 9.17) is 5.73 Å². The summed E-state index contributed by atoms with van der Waals surface area (Å²) in [6.07, 6.45) is 3.69. The normalized spacial score (nSPS) is 11.9. The second-order valence-electron chi connectivity index (χ2n) is 4.59. The van der Waals surface area contributed by atoms with E-state index in [1.54, 1.807) is 55.8 Å². The zero-order valence-electron chi connectivity index (χ0n) is 11.2. The molecule has 0 unspecified atom stereocenters. The molecule has 1 aromatic heterocycles. The van der Waals surface area contributed by atoms with Crippen molar-refractivity contribution in [3.05, 3.63) is 54.4 Å². The topological polar surface area (TPSA) is 79.5 Å². The van der Waals surface area contributed by atoms with E-state index in [0.717, 1.165) is 5.56 Å². The summed E-state index contributed by atoms with van der Waals surface area (Å²) in [5, 5.41) is 9.22. The zero-order valence-corrected chi connectivity index (χ0v) is 11.2. The molecule has 104 valence electrons. The predicted octanol–water partition coefficient (Wildman–Crippen LogP) is 1.32. The number of benzene rings is 1. The Morgan fingerprint density at radius 1 is 1.35 bits per heavy atom. The van der Waals surface area contributed by atoms with Crippen LogP contribution in [0.4, 0.5) is 5.69 Å². The molecule has 0 aliphatic heterocycles. The quantitative estimate of drug-likeness (QED) is 0.879. The van der Waals surface area contributed by atoms with E-state index < -0.39 is 6.04 Å². The summed E-state index contributed by atoms with van der Waals surface area (Å²) in [7, 11) is 1.68. The number of anilines is 1. The van der Waals surface area contributed by atoms with E-state index in [-0.39, 0.29) is 11.7 Å². The van der Waals surface area contributed by atoms with Crippen LogP contribution in [0.5, 0.6) is 5.75 Å². The number of hydrogen-bond donors (Lipinski definition) is 2. The Bertz CT molecular complexity index is 569. The van der Waals surface area contributed by atoms with Crippen molar-refractivity contribution >= 4 is 11.6 Å². The van der Waals surface area contributed by atoms with E-state index in [9.17, 15) is 9.90 Å². The maximum atomic E-state index is 12.2. The largest absolute Gasteiger partial charge is 0.508 e. The lowest BCUT2D eigenvalue weighted by Crippen LogP contribution is -2.43. The molecule has 3 N–H and O–H groups in total. The first-order valence-corrected chi connectivity index (χ1v) is 6.29. The van der Waals surface area contributed by atoms with Gasteiger partial charge in [0, 0.05) is 13.2 Å². The summed E-state index contributed by atoms with van der Waals surface area (Å²) in [5.74, 6) is 0.0206. The molecule has 1 amide bonds. The SMILES string of the molecule is CN(C(=O)[C@@H](N)Cc1ccc(O)cc1)c1cccnc1. The molecule has 0 bridgehead atoms. The molecule has 0 aliphatic carbocycles. The lowest BCUT2D eigenvalue weighted by molar-refractivity contribution is -0.119. The van der Waals surface area contributed by atoms with E-state index in [2.05, 4.69) is 4.98 Å². The summed E-state index contributed by atoms with van der Waals surface area (Å²) in [6.45, 7) is 0. The Morgan fingerprint density at radius 2 is 2.05 bits per heavy atom. The molecule has 5 nitrogen and oxygen atoms in total. The summed E-state index contributed by atoms with van der Waals surface area (Å²) in [5.41, 5.74) is 7.56. The number of phenols is 1. The lowest BCUT2D eigenvalue weighted by Gasteiger charge is -2.21. The van der Waals surface area contributed by atoms with Crippen LogP contribution >= 0.6 is 0 Å². The van der Waals surface area contributed by atoms with E-state index in [1.165, 1.54) is 4.90 Å². The second-order valence-corrected chi connectivity index (χ2v) is 4.59. The van der Waals surface area contributed by atoms with E-state index in [0.29, 0.717) is 12.1 Å². The summed E-state index contributed by atoms with van der Waals surface area (Å²) in [4.78, 5) is 17.7. The number of carbonyl (C=O) groups is 1. The number of carbonyl (C=O) groups excluding carboxylic acids is 1. The number of aromatic nitrogens is 1. The third kappa shape index (κ3) is 3.33. The van der Waals surface area contributed by atoms with Gasteiger partial charge in [0.2, 0.25) is 5.91 Å². The number of pyridine rings is 1.